The van der Waals surface area contributed by atoms with Gasteiger partial charge in [-0.25, -0.2) is 4.98 Å². The largest absolute Gasteiger partial charge is 0.328 e. The number of rotatable bonds is 3. The molecule has 1 unspecified atom stereocenters. The second kappa shape index (κ2) is 5.10. The first-order valence-corrected chi connectivity index (χ1v) is 6.91. The average molecular weight is 265 g/mol. The van der Waals surface area contributed by atoms with E-state index in [9.17, 15) is 0 Å². The van der Waals surface area contributed by atoms with Crippen LogP contribution in [0.5, 0.6) is 0 Å². The summed E-state index contributed by atoms with van der Waals surface area (Å²) in [7, 11) is 0. The first-order chi connectivity index (χ1) is 9.70. The number of nitrogens with two attached hydrogens (primary N) is 1. The minimum absolute atomic E-state index is 0.128. The Morgan fingerprint density at radius 3 is 2.45 bits per heavy atom. The fourth-order valence-corrected chi connectivity index (χ4v) is 2.74. The number of aryl methyl sites for hydroxylation is 2. The summed E-state index contributed by atoms with van der Waals surface area (Å²) in [5, 5.41) is 0. The van der Waals surface area contributed by atoms with E-state index >= 15 is 0 Å². The van der Waals surface area contributed by atoms with E-state index in [1.807, 2.05) is 25.1 Å². The molecule has 1 atom stereocenters. The van der Waals surface area contributed by atoms with E-state index in [0.717, 1.165) is 16.9 Å². The molecule has 0 saturated carbocycles. The van der Waals surface area contributed by atoms with Crippen molar-refractivity contribution in [3.05, 3.63) is 65.5 Å². The second-order valence-corrected chi connectivity index (χ2v) is 5.18. The molecule has 0 radical (unpaired) electrons. The van der Waals surface area contributed by atoms with Crippen molar-refractivity contribution in [1.82, 2.24) is 9.55 Å². The highest BCUT2D eigenvalue weighted by Gasteiger charge is 2.17. The van der Waals surface area contributed by atoms with E-state index in [-0.39, 0.29) is 6.04 Å². The molecule has 20 heavy (non-hydrogen) atoms. The molecule has 1 heterocycles. The van der Waals surface area contributed by atoms with Crippen LogP contribution in [0.15, 0.2) is 48.5 Å². The number of imidazole rings is 1. The van der Waals surface area contributed by atoms with Gasteiger partial charge < -0.3 is 10.3 Å². The topological polar surface area (TPSA) is 43.8 Å². The molecule has 102 valence electrons. The van der Waals surface area contributed by atoms with Crippen LogP contribution in [0.4, 0.5) is 0 Å². The maximum Gasteiger partial charge on any atom is 0.107 e. The van der Waals surface area contributed by atoms with Crippen molar-refractivity contribution in [1.29, 1.82) is 0 Å². The Hall–Kier alpha value is -2.13. The molecule has 0 saturated heterocycles. The second-order valence-electron chi connectivity index (χ2n) is 5.18. The van der Waals surface area contributed by atoms with Gasteiger partial charge in [-0.1, -0.05) is 42.0 Å². The van der Waals surface area contributed by atoms with Crippen LogP contribution in [0.1, 0.15) is 23.0 Å². The zero-order valence-corrected chi connectivity index (χ0v) is 11.9. The molecule has 3 rings (SSSR count). The average Bonchev–Trinajstić information content (AvgIpc) is 2.79. The first kappa shape index (κ1) is 12.9. The quantitative estimate of drug-likeness (QED) is 0.790. The summed E-state index contributed by atoms with van der Waals surface area (Å²) in [6, 6.07) is 16.9. The number of hydrogen-bond acceptors (Lipinski definition) is 2. The minimum atomic E-state index is 0.128. The lowest BCUT2D eigenvalue weighted by atomic mass is 10.0. The number of para-hydroxylation sites is 2. The number of hydrogen-bond donors (Lipinski definition) is 1. The van der Waals surface area contributed by atoms with Crippen molar-refractivity contribution >= 4 is 11.0 Å². The van der Waals surface area contributed by atoms with Crippen molar-refractivity contribution < 1.29 is 0 Å². The fraction of sp³-hybridized carbons (Fsp3) is 0.235. The third kappa shape index (κ3) is 2.10. The van der Waals surface area contributed by atoms with Gasteiger partial charge in [0.1, 0.15) is 5.82 Å². The van der Waals surface area contributed by atoms with Crippen LogP contribution in [0.25, 0.3) is 11.0 Å². The lowest BCUT2D eigenvalue weighted by molar-refractivity contribution is 0.594. The molecule has 0 aliphatic heterocycles. The van der Waals surface area contributed by atoms with Gasteiger partial charge in [-0.05, 0) is 31.5 Å². The number of aromatic nitrogens is 2. The molecular weight excluding hydrogens is 246 g/mol. The summed E-state index contributed by atoms with van der Waals surface area (Å²) >= 11 is 0. The molecule has 2 aromatic carbocycles. The maximum atomic E-state index is 6.05. The van der Waals surface area contributed by atoms with Gasteiger partial charge in [0.15, 0.2) is 0 Å². The van der Waals surface area contributed by atoms with E-state index in [0.29, 0.717) is 6.54 Å². The summed E-state index contributed by atoms with van der Waals surface area (Å²) in [6.07, 6.45) is 0. The van der Waals surface area contributed by atoms with E-state index in [1.54, 1.807) is 0 Å². The summed E-state index contributed by atoms with van der Waals surface area (Å²) in [5.41, 5.74) is 10.7. The highest BCUT2D eigenvalue weighted by Crippen LogP contribution is 2.25. The molecule has 0 aliphatic rings. The van der Waals surface area contributed by atoms with Gasteiger partial charge in [0.25, 0.3) is 0 Å². The van der Waals surface area contributed by atoms with Gasteiger partial charge in [0, 0.05) is 6.54 Å². The lowest BCUT2D eigenvalue weighted by Crippen LogP contribution is -2.21. The molecule has 3 heteroatoms. The molecule has 0 amide bonds. The van der Waals surface area contributed by atoms with Gasteiger partial charge in [-0.3, -0.25) is 0 Å². The van der Waals surface area contributed by atoms with Gasteiger partial charge in [0.05, 0.1) is 17.1 Å². The third-order valence-electron chi connectivity index (χ3n) is 3.77. The molecule has 2 N–H and O–H groups in total. The van der Waals surface area contributed by atoms with Crippen molar-refractivity contribution in [2.45, 2.75) is 19.9 Å². The van der Waals surface area contributed by atoms with Gasteiger partial charge in [-0.15, -0.1) is 0 Å². The lowest BCUT2D eigenvalue weighted by Gasteiger charge is -2.20. The monoisotopic (exact) mass is 265 g/mol. The molecule has 0 bridgehead atoms. The van der Waals surface area contributed by atoms with Crippen molar-refractivity contribution in [3.8, 4) is 0 Å². The van der Waals surface area contributed by atoms with Crippen molar-refractivity contribution in [3.63, 3.8) is 0 Å². The minimum Gasteiger partial charge on any atom is -0.328 e. The first-order valence-electron chi connectivity index (χ1n) is 6.91. The molecule has 0 aliphatic carbocycles. The van der Waals surface area contributed by atoms with Gasteiger partial charge >= 0.3 is 0 Å². The van der Waals surface area contributed by atoms with Crippen LogP contribution in [-0.2, 0) is 0 Å². The molecular formula is C17H19N3. The Morgan fingerprint density at radius 1 is 1.05 bits per heavy atom. The number of nitrogens with zero attached hydrogens (tertiary/aromatic N) is 2. The van der Waals surface area contributed by atoms with E-state index < -0.39 is 0 Å². The molecule has 1 aromatic heterocycles. The Labute approximate surface area is 119 Å². The molecule has 0 spiro atoms. The Morgan fingerprint density at radius 2 is 1.75 bits per heavy atom. The number of benzene rings is 2. The summed E-state index contributed by atoms with van der Waals surface area (Å²) < 4.78 is 2.24. The van der Waals surface area contributed by atoms with E-state index in [1.165, 1.54) is 11.1 Å². The van der Waals surface area contributed by atoms with E-state index in [2.05, 4.69) is 46.8 Å². The van der Waals surface area contributed by atoms with Crippen LogP contribution >= 0.6 is 0 Å². The molecule has 3 nitrogen and oxygen atoms in total. The Kier molecular flexibility index (Phi) is 3.28. The van der Waals surface area contributed by atoms with E-state index in [4.69, 9.17) is 5.73 Å². The Balaban J connectivity index is 2.16. The van der Waals surface area contributed by atoms with Crippen LogP contribution in [0, 0.1) is 13.8 Å². The SMILES string of the molecule is Cc1ccc(C(CN)n2c(C)nc3ccccc32)cc1. The van der Waals surface area contributed by atoms with Crippen LogP contribution in [-0.4, -0.2) is 16.1 Å². The summed E-state index contributed by atoms with van der Waals surface area (Å²) in [5.74, 6) is 1.00. The maximum absolute atomic E-state index is 6.05. The van der Waals surface area contributed by atoms with Crippen molar-refractivity contribution in [2.75, 3.05) is 6.54 Å². The zero-order chi connectivity index (χ0) is 14.1. The standard InChI is InChI=1S/C17H19N3/c1-12-7-9-14(10-8-12)17(11-18)20-13(2)19-15-5-3-4-6-16(15)20/h3-10,17H,11,18H2,1-2H3. The predicted molar refractivity (Wildman–Crippen MR) is 82.8 cm³/mol. The smallest absolute Gasteiger partial charge is 0.107 e. The summed E-state index contributed by atoms with van der Waals surface area (Å²) in [4.78, 5) is 4.63. The highest BCUT2D eigenvalue weighted by molar-refractivity contribution is 5.76. The normalized spacial score (nSPS) is 12.8. The van der Waals surface area contributed by atoms with Crippen molar-refractivity contribution in [2.24, 2.45) is 5.73 Å². The van der Waals surface area contributed by atoms with Gasteiger partial charge in [-0.2, -0.15) is 0 Å². The summed E-state index contributed by atoms with van der Waals surface area (Å²) in [6.45, 7) is 4.69. The van der Waals surface area contributed by atoms with Crippen LogP contribution in [0.2, 0.25) is 0 Å². The third-order valence-corrected chi connectivity index (χ3v) is 3.77. The fourth-order valence-electron chi connectivity index (χ4n) is 2.74. The molecule has 3 aromatic rings. The Bertz CT molecular complexity index is 726. The van der Waals surface area contributed by atoms with Gasteiger partial charge in [0.2, 0.25) is 0 Å². The number of fused-ring (bicyclic) bond motifs is 1. The molecule has 0 fully saturated rings. The van der Waals surface area contributed by atoms with Crippen LogP contribution in [0.3, 0.4) is 0 Å². The zero-order valence-electron chi connectivity index (χ0n) is 11.9. The van der Waals surface area contributed by atoms with Crippen LogP contribution < -0.4 is 5.73 Å². The predicted octanol–water partition coefficient (Wildman–Crippen LogP) is 3.20. The highest BCUT2D eigenvalue weighted by atomic mass is 15.1.